The van der Waals surface area contributed by atoms with Gasteiger partial charge in [-0.3, -0.25) is 0 Å². The Hall–Kier alpha value is -1.56. The summed E-state index contributed by atoms with van der Waals surface area (Å²) in [7, 11) is 0. The van der Waals surface area contributed by atoms with Gasteiger partial charge in [0.05, 0.1) is 0 Å². The summed E-state index contributed by atoms with van der Waals surface area (Å²) in [6.07, 6.45) is 13.4. The Bertz CT molecular complexity index is 437. The van der Waals surface area contributed by atoms with Crippen LogP contribution in [-0.2, 0) is 6.42 Å². The van der Waals surface area contributed by atoms with Crippen LogP contribution in [0.2, 0.25) is 0 Å². The summed E-state index contributed by atoms with van der Waals surface area (Å²) in [5.41, 5.74) is 4.12. The molecule has 0 aliphatic heterocycles. The van der Waals surface area contributed by atoms with Crippen molar-refractivity contribution >= 4 is 12.2 Å². The van der Waals surface area contributed by atoms with Crippen molar-refractivity contribution in [1.82, 2.24) is 0 Å². The molecule has 0 spiro atoms. The third-order valence-corrected chi connectivity index (χ3v) is 3.47. The first-order chi connectivity index (χ1) is 8.35. The zero-order valence-corrected chi connectivity index (χ0v) is 10.4. The minimum Gasteiger partial charge on any atom is -0.103 e. The Labute approximate surface area is 104 Å². The van der Waals surface area contributed by atoms with Gasteiger partial charge >= 0.3 is 0 Å². The minimum atomic E-state index is 0.684. The lowest BCUT2D eigenvalue weighted by Gasteiger charge is -2.21. The lowest BCUT2D eigenvalue weighted by Crippen LogP contribution is -2.08. The van der Waals surface area contributed by atoms with E-state index in [0.717, 1.165) is 12.8 Å². The van der Waals surface area contributed by atoms with Crippen molar-refractivity contribution in [3.63, 3.8) is 0 Å². The summed E-state index contributed by atoms with van der Waals surface area (Å²) in [6.45, 7) is 7.68. The summed E-state index contributed by atoms with van der Waals surface area (Å²) in [4.78, 5) is 0. The van der Waals surface area contributed by atoms with E-state index in [0.29, 0.717) is 5.92 Å². The van der Waals surface area contributed by atoms with Crippen molar-refractivity contribution in [2.45, 2.75) is 25.7 Å². The second-order valence-electron chi connectivity index (χ2n) is 4.66. The van der Waals surface area contributed by atoms with Gasteiger partial charge in [-0.1, -0.05) is 49.1 Å². The van der Waals surface area contributed by atoms with Crippen LogP contribution in [0.3, 0.4) is 0 Å². The second-order valence-corrected chi connectivity index (χ2v) is 4.66. The molecule has 1 aromatic rings. The Morgan fingerprint density at radius 2 is 2.18 bits per heavy atom. The van der Waals surface area contributed by atoms with Crippen LogP contribution in [0.4, 0.5) is 0 Å². The molecule has 0 heteroatoms. The molecule has 2 rings (SSSR count). The molecule has 1 unspecified atom stereocenters. The highest BCUT2D eigenvalue weighted by Crippen LogP contribution is 2.29. The number of rotatable bonds is 5. The molecule has 1 aromatic carbocycles. The second kappa shape index (κ2) is 5.67. The summed E-state index contributed by atoms with van der Waals surface area (Å²) in [6, 6.07) is 6.46. The van der Waals surface area contributed by atoms with Crippen LogP contribution in [0.15, 0.2) is 43.5 Å². The fraction of sp³-hybridized carbons (Fsp3) is 0.294. The van der Waals surface area contributed by atoms with Crippen molar-refractivity contribution in [1.29, 1.82) is 0 Å². The smallest absolute Gasteiger partial charge is 0.0189 e. The fourth-order valence-electron chi connectivity index (χ4n) is 2.50. The van der Waals surface area contributed by atoms with Gasteiger partial charge in [0.2, 0.25) is 0 Å². The minimum absolute atomic E-state index is 0.684. The molecule has 17 heavy (non-hydrogen) atoms. The molecule has 0 bridgehead atoms. The van der Waals surface area contributed by atoms with E-state index >= 15 is 0 Å². The highest BCUT2D eigenvalue weighted by atomic mass is 14.2. The molecule has 0 N–H and O–H groups in total. The topological polar surface area (TPSA) is 0 Å². The molecule has 0 radical (unpaired) electrons. The Morgan fingerprint density at radius 3 is 2.94 bits per heavy atom. The van der Waals surface area contributed by atoms with E-state index in [1.165, 1.54) is 29.5 Å². The van der Waals surface area contributed by atoms with Gasteiger partial charge in [0.15, 0.2) is 0 Å². The third kappa shape index (κ3) is 2.76. The number of fused-ring (bicyclic) bond motifs is 1. The van der Waals surface area contributed by atoms with E-state index in [4.69, 9.17) is 0 Å². The van der Waals surface area contributed by atoms with Crippen LogP contribution in [-0.4, -0.2) is 0 Å². The summed E-state index contributed by atoms with van der Waals surface area (Å²) in [5.74, 6) is 0.684. The van der Waals surface area contributed by atoms with Gasteiger partial charge < -0.3 is 0 Å². The number of hydrogen-bond acceptors (Lipinski definition) is 0. The van der Waals surface area contributed by atoms with Crippen molar-refractivity contribution in [2.75, 3.05) is 0 Å². The normalized spacial score (nSPS) is 17.5. The van der Waals surface area contributed by atoms with Crippen molar-refractivity contribution in [3.8, 4) is 0 Å². The largest absolute Gasteiger partial charge is 0.103 e. The first-order valence-electron chi connectivity index (χ1n) is 6.38. The maximum absolute atomic E-state index is 3.90. The molecule has 0 heterocycles. The number of benzene rings is 1. The fourth-order valence-corrected chi connectivity index (χ4v) is 2.50. The van der Waals surface area contributed by atoms with E-state index in [9.17, 15) is 0 Å². The maximum Gasteiger partial charge on any atom is -0.0189 e. The molecular weight excluding hydrogens is 204 g/mol. The van der Waals surface area contributed by atoms with Gasteiger partial charge in [-0.05, 0) is 48.3 Å². The molecule has 0 saturated heterocycles. The molecule has 88 valence electrons. The Kier molecular flexibility index (Phi) is 3.98. The van der Waals surface area contributed by atoms with Gasteiger partial charge in [-0.15, -0.1) is 6.58 Å². The van der Waals surface area contributed by atoms with Gasteiger partial charge in [-0.2, -0.15) is 0 Å². The molecule has 0 saturated carbocycles. The van der Waals surface area contributed by atoms with Crippen molar-refractivity contribution in [3.05, 3.63) is 60.2 Å². The van der Waals surface area contributed by atoms with Gasteiger partial charge in [0, 0.05) is 0 Å². The first kappa shape index (κ1) is 11.9. The van der Waals surface area contributed by atoms with Crippen molar-refractivity contribution in [2.24, 2.45) is 5.92 Å². The standard InChI is InChI=1S/C17H20/c1-3-5-6-8-14-11-12-16-10-7-9-15(4-2)17(16)13-14/h3-4,7,9-12,14H,1-2,5-6,8,13H2. The van der Waals surface area contributed by atoms with E-state index in [2.05, 4.69) is 43.5 Å². The average molecular weight is 224 g/mol. The summed E-state index contributed by atoms with van der Waals surface area (Å²) in [5, 5.41) is 0. The van der Waals surface area contributed by atoms with Gasteiger partial charge in [-0.25, -0.2) is 0 Å². The van der Waals surface area contributed by atoms with Crippen molar-refractivity contribution < 1.29 is 0 Å². The zero-order chi connectivity index (χ0) is 12.1. The lowest BCUT2D eigenvalue weighted by molar-refractivity contribution is 0.559. The third-order valence-electron chi connectivity index (χ3n) is 3.47. The predicted octanol–water partition coefficient (Wildman–Crippen LogP) is 4.87. The summed E-state index contributed by atoms with van der Waals surface area (Å²) < 4.78 is 0. The molecule has 0 nitrogen and oxygen atoms in total. The molecule has 1 atom stereocenters. The molecule has 0 amide bonds. The molecular formula is C17H20. The molecule has 1 aliphatic rings. The monoisotopic (exact) mass is 224 g/mol. The Balaban J connectivity index is 2.11. The first-order valence-corrected chi connectivity index (χ1v) is 6.38. The highest BCUT2D eigenvalue weighted by molar-refractivity contribution is 5.65. The van der Waals surface area contributed by atoms with E-state index < -0.39 is 0 Å². The van der Waals surface area contributed by atoms with Crippen LogP contribution < -0.4 is 0 Å². The maximum atomic E-state index is 3.90. The Morgan fingerprint density at radius 1 is 1.29 bits per heavy atom. The number of allylic oxidation sites excluding steroid dienone is 2. The number of unbranched alkanes of at least 4 members (excludes halogenated alkanes) is 1. The molecule has 0 aromatic heterocycles. The quantitative estimate of drug-likeness (QED) is 0.494. The lowest BCUT2D eigenvalue weighted by atomic mass is 9.84. The SMILES string of the molecule is C=CCCCC1C=Cc2cccc(C=C)c2C1. The zero-order valence-electron chi connectivity index (χ0n) is 10.4. The molecule has 1 aliphatic carbocycles. The van der Waals surface area contributed by atoms with E-state index in [1.54, 1.807) is 0 Å². The molecule has 0 fully saturated rings. The van der Waals surface area contributed by atoms with Crippen LogP contribution in [0.1, 0.15) is 36.0 Å². The summed E-state index contributed by atoms with van der Waals surface area (Å²) >= 11 is 0. The average Bonchev–Trinajstić information content (AvgIpc) is 2.38. The number of hydrogen-bond donors (Lipinski definition) is 0. The van der Waals surface area contributed by atoms with Crippen LogP contribution in [0.5, 0.6) is 0 Å². The van der Waals surface area contributed by atoms with Crippen LogP contribution >= 0.6 is 0 Å². The van der Waals surface area contributed by atoms with Crippen LogP contribution in [0.25, 0.3) is 12.2 Å². The van der Waals surface area contributed by atoms with Crippen LogP contribution in [0, 0.1) is 5.92 Å². The van der Waals surface area contributed by atoms with Gasteiger partial charge in [0.25, 0.3) is 0 Å². The van der Waals surface area contributed by atoms with Gasteiger partial charge in [0.1, 0.15) is 0 Å². The predicted molar refractivity (Wildman–Crippen MR) is 76.8 cm³/mol. The van der Waals surface area contributed by atoms with E-state index in [1.807, 2.05) is 12.2 Å². The van der Waals surface area contributed by atoms with E-state index in [-0.39, 0.29) is 0 Å². The highest BCUT2D eigenvalue weighted by Gasteiger charge is 2.15.